The fourth-order valence-electron chi connectivity index (χ4n) is 2.84. The molecule has 1 amide bonds. The highest BCUT2D eigenvalue weighted by molar-refractivity contribution is 7.13. The number of nitrogens with zero attached hydrogens (tertiary/aromatic N) is 3. The van der Waals surface area contributed by atoms with Gasteiger partial charge in [-0.1, -0.05) is 23.7 Å². The van der Waals surface area contributed by atoms with Gasteiger partial charge in [0, 0.05) is 45.7 Å². The smallest absolute Gasteiger partial charge is 0.283 e. The monoisotopic (exact) mass is 436 g/mol. The summed E-state index contributed by atoms with van der Waals surface area (Å²) in [4.78, 5) is 31.9. The fourth-order valence-corrected chi connectivity index (χ4v) is 3.84. The molecular formula is C21H13ClN4O3S. The largest absolute Gasteiger partial charge is 0.322 e. The summed E-state index contributed by atoms with van der Waals surface area (Å²) in [5.74, 6) is -0.591. The molecule has 0 radical (unpaired) electrons. The third kappa shape index (κ3) is 4.19. The summed E-state index contributed by atoms with van der Waals surface area (Å²) >= 11 is 7.32. The maximum atomic E-state index is 12.6. The number of halogens is 1. The van der Waals surface area contributed by atoms with Crippen LogP contribution in [0.4, 0.5) is 11.4 Å². The van der Waals surface area contributed by atoms with Crippen LogP contribution in [0.5, 0.6) is 0 Å². The molecule has 0 spiro atoms. The number of amides is 1. The first-order valence-corrected chi connectivity index (χ1v) is 9.99. The van der Waals surface area contributed by atoms with E-state index in [0.717, 1.165) is 27.9 Å². The highest BCUT2D eigenvalue weighted by Gasteiger charge is 2.21. The summed E-state index contributed by atoms with van der Waals surface area (Å²) in [5.41, 5.74) is 2.64. The Bertz CT molecular complexity index is 1240. The summed E-state index contributed by atoms with van der Waals surface area (Å²) in [7, 11) is 0. The molecule has 0 aliphatic carbocycles. The number of thiazole rings is 1. The zero-order valence-corrected chi connectivity index (χ0v) is 16.9. The van der Waals surface area contributed by atoms with E-state index in [1.54, 1.807) is 30.6 Å². The number of aromatic nitrogens is 2. The van der Waals surface area contributed by atoms with Gasteiger partial charge in [-0.05, 0) is 36.4 Å². The minimum Gasteiger partial charge on any atom is -0.322 e. The van der Waals surface area contributed by atoms with E-state index in [1.165, 1.54) is 23.5 Å². The Kier molecular flexibility index (Phi) is 5.51. The van der Waals surface area contributed by atoms with Crippen molar-refractivity contribution in [3.8, 4) is 21.8 Å². The second-order valence-electron chi connectivity index (χ2n) is 6.23. The van der Waals surface area contributed by atoms with Gasteiger partial charge in [-0.25, -0.2) is 4.98 Å². The highest BCUT2D eigenvalue weighted by Crippen LogP contribution is 2.30. The summed E-state index contributed by atoms with van der Waals surface area (Å²) in [6, 6.07) is 14.8. The highest BCUT2D eigenvalue weighted by atomic mass is 35.5. The first-order valence-electron chi connectivity index (χ1n) is 8.73. The van der Waals surface area contributed by atoms with E-state index in [1.807, 2.05) is 23.6 Å². The van der Waals surface area contributed by atoms with Crippen molar-refractivity contribution in [1.82, 2.24) is 9.97 Å². The molecule has 148 valence electrons. The van der Waals surface area contributed by atoms with Gasteiger partial charge >= 0.3 is 0 Å². The molecule has 2 aromatic carbocycles. The lowest BCUT2D eigenvalue weighted by atomic mass is 10.1. The standard InChI is InChI=1S/C21H13ClN4O3S/c22-15-4-5-17(19(11-15)26(28)29)20(27)24-16-3-1-2-14(10-16)18-12-30-21(25-18)13-6-8-23-9-7-13/h1-12H,(H,24,27). The van der Waals surface area contributed by atoms with Crippen LogP contribution in [-0.2, 0) is 0 Å². The molecule has 7 nitrogen and oxygen atoms in total. The van der Waals surface area contributed by atoms with Crippen molar-refractivity contribution in [2.75, 3.05) is 5.32 Å². The van der Waals surface area contributed by atoms with E-state index in [2.05, 4.69) is 15.3 Å². The topological polar surface area (TPSA) is 98.0 Å². The summed E-state index contributed by atoms with van der Waals surface area (Å²) in [6.07, 6.45) is 3.42. The van der Waals surface area contributed by atoms with Gasteiger partial charge in [-0.2, -0.15) is 0 Å². The lowest BCUT2D eigenvalue weighted by molar-refractivity contribution is -0.385. The van der Waals surface area contributed by atoms with Crippen molar-refractivity contribution < 1.29 is 9.72 Å². The van der Waals surface area contributed by atoms with E-state index in [-0.39, 0.29) is 16.3 Å². The Hall–Kier alpha value is -3.62. The minimum atomic E-state index is -0.632. The van der Waals surface area contributed by atoms with Crippen molar-refractivity contribution in [2.24, 2.45) is 0 Å². The molecule has 0 bridgehead atoms. The first-order chi connectivity index (χ1) is 14.5. The SMILES string of the molecule is O=C(Nc1cccc(-c2csc(-c3ccncc3)n2)c1)c1ccc(Cl)cc1[N+](=O)[O-]. The molecule has 4 rings (SSSR count). The van der Waals surface area contributed by atoms with Crippen LogP contribution < -0.4 is 5.32 Å². The predicted molar refractivity (Wildman–Crippen MR) is 117 cm³/mol. The number of nitro benzene ring substituents is 1. The molecule has 0 aliphatic rings. The number of hydrogen-bond acceptors (Lipinski definition) is 6. The van der Waals surface area contributed by atoms with Crippen LogP contribution in [0.2, 0.25) is 5.02 Å². The molecule has 0 atom stereocenters. The summed E-state index contributed by atoms with van der Waals surface area (Å²) in [6.45, 7) is 0. The molecule has 2 heterocycles. The minimum absolute atomic E-state index is 0.0663. The van der Waals surface area contributed by atoms with E-state index < -0.39 is 10.8 Å². The number of carbonyl (C=O) groups excluding carboxylic acids is 1. The summed E-state index contributed by atoms with van der Waals surface area (Å²) in [5, 5.41) is 16.9. The quantitative estimate of drug-likeness (QED) is 0.320. The fraction of sp³-hybridized carbons (Fsp3) is 0. The lowest BCUT2D eigenvalue weighted by Gasteiger charge is -2.07. The van der Waals surface area contributed by atoms with Gasteiger partial charge in [-0.3, -0.25) is 19.9 Å². The Morgan fingerprint density at radius 2 is 1.87 bits per heavy atom. The van der Waals surface area contributed by atoms with Gasteiger partial charge in [0.25, 0.3) is 11.6 Å². The zero-order valence-electron chi connectivity index (χ0n) is 15.3. The Labute approximate surface area is 180 Å². The van der Waals surface area contributed by atoms with Crippen molar-refractivity contribution in [3.63, 3.8) is 0 Å². The zero-order chi connectivity index (χ0) is 21.1. The lowest BCUT2D eigenvalue weighted by Crippen LogP contribution is -2.14. The predicted octanol–water partition coefficient (Wildman–Crippen LogP) is 5.69. The molecule has 30 heavy (non-hydrogen) atoms. The van der Waals surface area contributed by atoms with E-state index in [0.29, 0.717) is 5.69 Å². The number of benzene rings is 2. The molecular weight excluding hydrogens is 424 g/mol. The van der Waals surface area contributed by atoms with Gasteiger partial charge in [0.2, 0.25) is 0 Å². The molecule has 0 aliphatic heterocycles. The van der Waals surface area contributed by atoms with Gasteiger partial charge < -0.3 is 5.32 Å². The van der Waals surface area contributed by atoms with Crippen LogP contribution in [0, 0.1) is 10.1 Å². The number of anilines is 1. The number of rotatable bonds is 5. The Balaban J connectivity index is 1.58. The van der Waals surface area contributed by atoms with Crippen LogP contribution in [0.15, 0.2) is 72.4 Å². The molecule has 0 saturated heterocycles. The normalized spacial score (nSPS) is 10.6. The molecule has 0 fully saturated rings. The van der Waals surface area contributed by atoms with E-state index >= 15 is 0 Å². The maximum Gasteiger partial charge on any atom is 0.283 e. The number of nitrogens with one attached hydrogen (secondary N) is 1. The van der Waals surface area contributed by atoms with Crippen LogP contribution in [0.3, 0.4) is 0 Å². The molecule has 1 N–H and O–H groups in total. The van der Waals surface area contributed by atoms with Gasteiger partial charge in [0.05, 0.1) is 10.6 Å². The van der Waals surface area contributed by atoms with Gasteiger partial charge in [0.1, 0.15) is 10.6 Å². The van der Waals surface area contributed by atoms with E-state index in [4.69, 9.17) is 11.6 Å². The molecule has 4 aromatic rings. The molecule has 9 heteroatoms. The number of pyridine rings is 1. The van der Waals surface area contributed by atoms with Crippen LogP contribution in [0.1, 0.15) is 10.4 Å². The van der Waals surface area contributed by atoms with Crippen molar-refractivity contribution in [3.05, 3.63) is 93.1 Å². The van der Waals surface area contributed by atoms with Crippen LogP contribution in [0.25, 0.3) is 21.8 Å². The van der Waals surface area contributed by atoms with Crippen LogP contribution in [-0.4, -0.2) is 20.8 Å². The van der Waals surface area contributed by atoms with Crippen molar-refractivity contribution in [1.29, 1.82) is 0 Å². The number of carbonyl (C=O) groups is 1. The van der Waals surface area contributed by atoms with Gasteiger partial charge in [0.15, 0.2) is 0 Å². The number of hydrogen-bond donors (Lipinski definition) is 1. The van der Waals surface area contributed by atoms with Gasteiger partial charge in [-0.15, -0.1) is 11.3 Å². The Morgan fingerprint density at radius 1 is 1.07 bits per heavy atom. The molecule has 0 saturated carbocycles. The van der Waals surface area contributed by atoms with Crippen molar-refractivity contribution in [2.45, 2.75) is 0 Å². The third-order valence-corrected chi connectivity index (χ3v) is 5.38. The Morgan fingerprint density at radius 3 is 2.63 bits per heavy atom. The maximum absolute atomic E-state index is 12.6. The number of nitro groups is 1. The molecule has 0 unspecified atom stereocenters. The summed E-state index contributed by atoms with van der Waals surface area (Å²) < 4.78 is 0. The van der Waals surface area contributed by atoms with Crippen molar-refractivity contribution >= 4 is 40.2 Å². The third-order valence-electron chi connectivity index (χ3n) is 4.25. The van der Waals surface area contributed by atoms with Crippen LogP contribution >= 0.6 is 22.9 Å². The molecule has 2 aromatic heterocycles. The second kappa shape index (κ2) is 8.40. The van der Waals surface area contributed by atoms with E-state index in [9.17, 15) is 14.9 Å². The second-order valence-corrected chi connectivity index (χ2v) is 7.52. The first kappa shape index (κ1) is 19.7. The average molecular weight is 437 g/mol. The average Bonchev–Trinajstić information content (AvgIpc) is 3.25.